The van der Waals surface area contributed by atoms with Crippen LogP contribution in [0.2, 0.25) is 0 Å². The summed E-state index contributed by atoms with van der Waals surface area (Å²) in [7, 11) is 3.40. The molecule has 29 heavy (non-hydrogen) atoms. The summed E-state index contributed by atoms with van der Waals surface area (Å²) in [5.41, 5.74) is 4.36. The lowest BCUT2D eigenvalue weighted by Crippen LogP contribution is -2.20. The van der Waals surface area contributed by atoms with E-state index in [1.54, 1.807) is 26.5 Å². The molecule has 6 nitrogen and oxygen atoms in total. The lowest BCUT2D eigenvalue weighted by Gasteiger charge is -2.16. The molecule has 0 fully saturated rings. The highest BCUT2D eigenvalue weighted by atomic mass is 16.5. The Morgan fingerprint density at radius 2 is 1.55 bits per heavy atom. The van der Waals surface area contributed by atoms with E-state index >= 15 is 0 Å². The number of H-pyrrole nitrogens is 1. The molecule has 4 aromatic rings. The Morgan fingerprint density at radius 3 is 2.24 bits per heavy atom. The van der Waals surface area contributed by atoms with Crippen LogP contribution in [0.5, 0.6) is 11.5 Å². The van der Waals surface area contributed by atoms with E-state index in [-0.39, 0.29) is 16.9 Å². The van der Waals surface area contributed by atoms with Crippen LogP contribution >= 0.6 is 0 Å². The van der Waals surface area contributed by atoms with Gasteiger partial charge in [0.2, 0.25) is 0 Å². The third-order valence-electron chi connectivity index (χ3n) is 5.23. The van der Waals surface area contributed by atoms with E-state index in [0.717, 1.165) is 27.8 Å². The van der Waals surface area contributed by atoms with Crippen LogP contribution in [-0.4, -0.2) is 14.1 Å². The van der Waals surface area contributed by atoms with Crippen molar-refractivity contribution in [2.24, 2.45) is 14.1 Å². The van der Waals surface area contributed by atoms with Gasteiger partial charge >= 0.3 is 0 Å². The van der Waals surface area contributed by atoms with Crippen molar-refractivity contribution in [2.45, 2.75) is 20.8 Å². The van der Waals surface area contributed by atoms with Gasteiger partial charge < -0.3 is 18.9 Å². The van der Waals surface area contributed by atoms with E-state index in [4.69, 9.17) is 4.74 Å². The van der Waals surface area contributed by atoms with Crippen LogP contribution in [0.4, 0.5) is 0 Å². The van der Waals surface area contributed by atoms with Crippen molar-refractivity contribution < 1.29 is 4.74 Å². The van der Waals surface area contributed by atoms with E-state index in [2.05, 4.69) is 4.98 Å². The maximum absolute atomic E-state index is 13.0. The molecule has 0 spiro atoms. The second-order valence-corrected chi connectivity index (χ2v) is 7.50. The minimum atomic E-state index is -0.237. The molecule has 0 aliphatic carbocycles. The van der Waals surface area contributed by atoms with E-state index in [9.17, 15) is 9.59 Å². The molecule has 3 heterocycles. The van der Waals surface area contributed by atoms with Crippen molar-refractivity contribution in [3.8, 4) is 22.6 Å². The zero-order valence-corrected chi connectivity index (χ0v) is 17.2. The molecule has 0 saturated heterocycles. The van der Waals surface area contributed by atoms with Gasteiger partial charge in [0.25, 0.3) is 11.1 Å². The van der Waals surface area contributed by atoms with E-state index in [0.29, 0.717) is 16.8 Å². The number of aromatic amines is 1. The quantitative estimate of drug-likeness (QED) is 0.577. The SMILES string of the molecule is Cc1cc2c(-c3ccn(C)c(=O)c3Oc3c(C)cccc3C)cn(C)c(=O)c2[nH]1. The van der Waals surface area contributed by atoms with Crippen molar-refractivity contribution in [3.05, 3.63) is 80.3 Å². The van der Waals surface area contributed by atoms with Gasteiger partial charge in [0.1, 0.15) is 11.3 Å². The van der Waals surface area contributed by atoms with Crippen LogP contribution in [0.1, 0.15) is 16.8 Å². The van der Waals surface area contributed by atoms with Crippen molar-refractivity contribution in [3.63, 3.8) is 0 Å². The first-order valence-corrected chi connectivity index (χ1v) is 9.41. The van der Waals surface area contributed by atoms with Crippen molar-refractivity contribution >= 4 is 10.9 Å². The summed E-state index contributed by atoms with van der Waals surface area (Å²) in [6.45, 7) is 5.81. The van der Waals surface area contributed by atoms with Gasteiger partial charge in [0.15, 0.2) is 5.75 Å². The summed E-state index contributed by atoms with van der Waals surface area (Å²) in [4.78, 5) is 28.7. The van der Waals surface area contributed by atoms with Gasteiger partial charge in [0, 0.05) is 48.7 Å². The molecule has 0 bridgehead atoms. The molecule has 1 aromatic carbocycles. The first kappa shape index (κ1) is 18.8. The second-order valence-electron chi connectivity index (χ2n) is 7.50. The number of nitrogens with zero attached hydrogens (tertiary/aromatic N) is 2. The van der Waals surface area contributed by atoms with Crippen LogP contribution in [0, 0.1) is 20.8 Å². The average Bonchev–Trinajstić information content (AvgIpc) is 3.07. The fourth-order valence-electron chi connectivity index (χ4n) is 3.66. The normalized spacial score (nSPS) is 11.2. The Bertz CT molecular complexity index is 1350. The van der Waals surface area contributed by atoms with Gasteiger partial charge in [-0.05, 0) is 44.0 Å². The summed E-state index contributed by atoms with van der Waals surface area (Å²) in [5.74, 6) is 0.912. The first-order chi connectivity index (χ1) is 13.8. The number of pyridine rings is 2. The lowest BCUT2D eigenvalue weighted by molar-refractivity contribution is 0.464. The summed E-state index contributed by atoms with van der Waals surface area (Å²) >= 11 is 0. The third-order valence-corrected chi connectivity index (χ3v) is 5.23. The molecule has 3 aromatic heterocycles. The van der Waals surface area contributed by atoms with Crippen LogP contribution in [0.25, 0.3) is 22.0 Å². The smallest absolute Gasteiger partial charge is 0.293 e. The van der Waals surface area contributed by atoms with Crippen LogP contribution in [0.15, 0.2) is 52.3 Å². The molecule has 1 N–H and O–H groups in total. The predicted octanol–water partition coefficient (Wildman–Crippen LogP) is 3.95. The molecular weight excluding hydrogens is 366 g/mol. The fourth-order valence-corrected chi connectivity index (χ4v) is 3.66. The molecule has 0 saturated carbocycles. The van der Waals surface area contributed by atoms with Crippen molar-refractivity contribution in [1.82, 2.24) is 14.1 Å². The van der Waals surface area contributed by atoms with Crippen LogP contribution < -0.4 is 15.9 Å². The van der Waals surface area contributed by atoms with Crippen molar-refractivity contribution in [1.29, 1.82) is 0 Å². The maximum Gasteiger partial charge on any atom is 0.293 e. The largest absolute Gasteiger partial charge is 0.450 e. The Kier molecular flexibility index (Phi) is 4.42. The number of nitrogens with one attached hydrogen (secondary N) is 1. The molecule has 6 heteroatoms. The third kappa shape index (κ3) is 3.06. The van der Waals surface area contributed by atoms with Crippen LogP contribution in [-0.2, 0) is 14.1 Å². The van der Waals surface area contributed by atoms with Gasteiger partial charge in [-0.3, -0.25) is 9.59 Å². The number of ether oxygens (including phenoxy) is 1. The van der Waals surface area contributed by atoms with Gasteiger partial charge in [-0.2, -0.15) is 0 Å². The van der Waals surface area contributed by atoms with Gasteiger partial charge in [-0.25, -0.2) is 0 Å². The number of fused-ring (bicyclic) bond motifs is 1. The molecular formula is C23H23N3O3. The zero-order chi connectivity index (χ0) is 20.9. The highest BCUT2D eigenvalue weighted by molar-refractivity contribution is 5.96. The van der Waals surface area contributed by atoms with Gasteiger partial charge in [-0.1, -0.05) is 18.2 Å². The van der Waals surface area contributed by atoms with E-state index in [1.165, 1.54) is 9.13 Å². The maximum atomic E-state index is 13.0. The van der Waals surface area contributed by atoms with Crippen molar-refractivity contribution in [2.75, 3.05) is 0 Å². The summed E-state index contributed by atoms with van der Waals surface area (Å²) < 4.78 is 9.25. The summed E-state index contributed by atoms with van der Waals surface area (Å²) in [6, 6.07) is 9.64. The Hall–Kier alpha value is -3.54. The summed E-state index contributed by atoms with van der Waals surface area (Å²) in [6.07, 6.45) is 3.47. The predicted molar refractivity (Wildman–Crippen MR) is 115 cm³/mol. The molecule has 148 valence electrons. The summed E-state index contributed by atoms with van der Waals surface area (Å²) in [5, 5.41) is 0.769. The first-order valence-electron chi connectivity index (χ1n) is 9.41. The van der Waals surface area contributed by atoms with Crippen LogP contribution in [0.3, 0.4) is 0 Å². The highest BCUT2D eigenvalue weighted by Crippen LogP contribution is 2.36. The van der Waals surface area contributed by atoms with E-state index in [1.807, 2.05) is 51.1 Å². The Morgan fingerprint density at radius 1 is 0.862 bits per heavy atom. The number of aryl methyl sites for hydroxylation is 5. The zero-order valence-electron chi connectivity index (χ0n) is 17.2. The fraction of sp³-hybridized carbons (Fsp3) is 0.217. The number of aromatic nitrogens is 3. The molecule has 0 radical (unpaired) electrons. The highest BCUT2D eigenvalue weighted by Gasteiger charge is 2.19. The van der Waals surface area contributed by atoms with Gasteiger partial charge in [0.05, 0.1) is 0 Å². The number of rotatable bonds is 3. The number of hydrogen-bond acceptors (Lipinski definition) is 3. The second kappa shape index (κ2) is 6.81. The molecule has 4 rings (SSSR count). The lowest BCUT2D eigenvalue weighted by atomic mass is 10.0. The number of hydrogen-bond donors (Lipinski definition) is 1. The Balaban J connectivity index is 2.03. The molecule has 0 aliphatic heterocycles. The molecule has 0 aliphatic rings. The van der Waals surface area contributed by atoms with E-state index < -0.39 is 0 Å². The minimum absolute atomic E-state index is 0.113. The molecule has 0 atom stereocenters. The number of benzene rings is 1. The standard InChI is InChI=1S/C23H23N3O3/c1-13-7-6-8-14(2)20(13)29-21-16(9-10-25(4)23(21)28)18-12-26(5)22(27)19-17(18)11-15(3)24-19/h6-12,24H,1-5H3. The Labute approximate surface area is 168 Å². The van der Waals surface area contributed by atoms with Gasteiger partial charge in [-0.15, -0.1) is 0 Å². The minimum Gasteiger partial charge on any atom is -0.450 e. The monoisotopic (exact) mass is 389 g/mol. The molecule has 0 unspecified atom stereocenters. The average molecular weight is 389 g/mol. The number of para-hydroxylation sites is 1. The topological polar surface area (TPSA) is 69.0 Å². The molecule has 0 amide bonds.